The Kier molecular flexibility index (Phi) is 4.68. The lowest BCUT2D eigenvalue weighted by atomic mass is 9.99. The third-order valence-electron chi connectivity index (χ3n) is 5.17. The molecule has 0 unspecified atom stereocenters. The van der Waals surface area contributed by atoms with Crippen molar-refractivity contribution in [1.82, 2.24) is 14.5 Å². The number of nitrogens with zero attached hydrogens (tertiary/aromatic N) is 3. The summed E-state index contributed by atoms with van der Waals surface area (Å²) in [5, 5.41) is 0.711. The highest BCUT2D eigenvalue weighted by Gasteiger charge is 2.26. The van der Waals surface area contributed by atoms with Crippen LogP contribution in [-0.4, -0.2) is 33.4 Å². The predicted octanol–water partition coefficient (Wildman–Crippen LogP) is 4.61. The van der Waals surface area contributed by atoms with Crippen molar-refractivity contribution in [3.63, 3.8) is 0 Å². The monoisotopic (exact) mass is 367 g/mol. The summed E-state index contributed by atoms with van der Waals surface area (Å²) >= 11 is 6.00. The highest BCUT2D eigenvalue weighted by molar-refractivity contribution is 6.30. The molecular formula is C21H22ClN3O. The van der Waals surface area contributed by atoms with Crippen LogP contribution in [0.2, 0.25) is 5.02 Å². The standard InChI is InChI=1S/C21H22ClN3O/c1-15-10-12-24(13-11-15)21(26)20-23-18-4-2-3-5-19(18)25(20)14-16-6-8-17(22)9-7-16/h2-9,15H,10-14H2,1H3. The average molecular weight is 368 g/mol. The number of carbonyl (C=O) groups is 1. The Labute approximate surface area is 158 Å². The molecule has 0 aliphatic carbocycles. The SMILES string of the molecule is CC1CCN(C(=O)c2nc3ccccc3n2Cc2ccc(Cl)cc2)CC1. The number of amides is 1. The fourth-order valence-electron chi connectivity index (χ4n) is 3.52. The summed E-state index contributed by atoms with van der Waals surface area (Å²) < 4.78 is 2.03. The zero-order chi connectivity index (χ0) is 18.1. The third kappa shape index (κ3) is 3.34. The Morgan fingerprint density at radius 3 is 2.54 bits per heavy atom. The Morgan fingerprint density at radius 2 is 1.81 bits per heavy atom. The number of hydrogen-bond donors (Lipinski definition) is 0. The largest absolute Gasteiger partial charge is 0.336 e. The normalized spacial score (nSPS) is 15.5. The van der Waals surface area contributed by atoms with Gasteiger partial charge in [0.05, 0.1) is 11.0 Å². The van der Waals surface area contributed by atoms with E-state index >= 15 is 0 Å². The Hall–Kier alpha value is -2.33. The maximum absolute atomic E-state index is 13.2. The van der Waals surface area contributed by atoms with Gasteiger partial charge in [-0.15, -0.1) is 0 Å². The molecule has 1 aromatic heterocycles. The second kappa shape index (κ2) is 7.12. The number of benzene rings is 2. The summed E-state index contributed by atoms with van der Waals surface area (Å²) in [6.07, 6.45) is 2.12. The van der Waals surface area contributed by atoms with Gasteiger partial charge in [0.2, 0.25) is 5.82 Å². The van der Waals surface area contributed by atoms with E-state index in [0.29, 0.717) is 23.3 Å². The number of para-hydroxylation sites is 2. The van der Waals surface area contributed by atoms with Gasteiger partial charge in [-0.25, -0.2) is 4.98 Å². The van der Waals surface area contributed by atoms with E-state index < -0.39 is 0 Å². The van der Waals surface area contributed by atoms with Crippen molar-refractivity contribution in [2.75, 3.05) is 13.1 Å². The summed E-state index contributed by atoms with van der Waals surface area (Å²) in [7, 11) is 0. The number of aromatic nitrogens is 2. The highest BCUT2D eigenvalue weighted by atomic mass is 35.5. The molecule has 0 N–H and O–H groups in total. The van der Waals surface area contributed by atoms with E-state index in [0.717, 1.165) is 42.5 Å². The lowest BCUT2D eigenvalue weighted by Crippen LogP contribution is -2.39. The van der Waals surface area contributed by atoms with Gasteiger partial charge in [0.15, 0.2) is 0 Å². The van der Waals surface area contributed by atoms with Crippen LogP contribution in [-0.2, 0) is 6.54 Å². The number of hydrogen-bond acceptors (Lipinski definition) is 2. The number of piperidine rings is 1. The van der Waals surface area contributed by atoms with Crippen molar-refractivity contribution in [2.45, 2.75) is 26.3 Å². The Bertz CT molecular complexity index is 924. The van der Waals surface area contributed by atoms with Crippen LogP contribution in [0.15, 0.2) is 48.5 Å². The minimum Gasteiger partial charge on any atom is -0.336 e. The van der Waals surface area contributed by atoms with Gasteiger partial charge in [-0.1, -0.05) is 42.8 Å². The van der Waals surface area contributed by atoms with Crippen LogP contribution in [0.4, 0.5) is 0 Å². The number of carbonyl (C=O) groups excluding carboxylic acids is 1. The van der Waals surface area contributed by atoms with Crippen LogP contribution in [0, 0.1) is 5.92 Å². The summed E-state index contributed by atoms with van der Waals surface area (Å²) in [4.78, 5) is 19.8. The number of likely N-dealkylation sites (tertiary alicyclic amines) is 1. The van der Waals surface area contributed by atoms with Crippen molar-refractivity contribution in [2.24, 2.45) is 5.92 Å². The Morgan fingerprint density at radius 1 is 1.12 bits per heavy atom. The van der Waals surface area contributed by atoms with Crippen molar-refractivity contribution in [1.29, 1.82) is 0 Å². The third-order valence-corrected chi connectivity index (χ3v) is 5.42. The zero-order valence-electron chi connectivity index (χ0n) is 14.9. The van der Waals surface area contributed by atoms with Crippen LogP contribution in [0.5, 0.6) is 0 Å². The molecule has 3 aromatic rings. The first-order valence-electron chi connectivity index (χ1n) is 9.11. The predicted molar refractivity (Wildman–Crippen MR) is 105 cm³/mol. The number of halogens is 1. The van der Waals surface area contributed by atoms with Crippen LogP contribution >= 0.6 is 11.6 Å². The van der Waals surface area contributed by atoms with Crippen molar-refractivity contribution >= 4 is 28.5 Å². The minimum atomic E-state index is 0.0297. The molecule has 0 spiro atoms. The molecule has 1 aliphatic heterocycles. The molecule has 4 nitrogen and oxygen atoms in total. The van der Waals surface area contributed by atoms with Crippen molar-refractivity contribution in [3.05, 3.63) is 64.9 Å². The van der Waals surface area contributed by atoms with Crippen molar-refractivity contribution < 1.29 is 4.79 Å². The van der Waals surface area contributed by atoms with E-state index in [9.17, 15) is 4.79 Å². The van der Waals surface area contributed by atoms with Gasteiger partial charge in [-0.05, 0) is 48.6 Å². The molecule has 4 rings (SSSR count). The molecule has 1 saturated heterocycles. The van der Waals surface area contributed by atoms with Gasteiger partial charge < -0.3 is 9.47 Å². The molecule has 5 heteroatoms. The molecule has 26 heavy (non-hydrogen) atoms. The molecule has 1 fully saturated rings. The van der Waals surface area contributed by atoms with Crippen LogP contribution in [0.3, 0.4) is 0 Å². The molecule has 0 radical (unpaired) electrons. The minimum absolute atomic E-state index is 0.0297. The van der Waals surface area contributed by atoms with E-state index in [1.165, 1.54) is 0 Å². The van der Waals surface area contributed by atoms with Crippen LogP contribution in [0.25, 0.3) is 11.0 Å². The number of imidazole rings is 1. The fourth-order valence-corrected chi connectivity index (χ4v) is 3.65. The summed E-state index contributed by atoms with van der Waals surface area (Å²) in [5.74, 6) is 1.24. The second-order valence-corrected chi connectivity index (χ2v) is 7.55. The first kappa shape index (κ1) is 17.1. The molecule has 0 saturated carbocycles. The van der Waals surface area contributed by atoms with Crippen molar-refractivity contribution in [3.8, 4) is 0 Å². The average Bonchev–Trinajstić information content (AvgIpc) is 3.02. The summed E-state index contributed by atoms with van der Waals surface area (Å²) in [6, 6.07) is 15.7. The highest BCUT2D eigenvalue weighted by Crippen LogP contribution is 2.22. The van der Waals surface area contributed by atoms with E-state index in [1.807, 2.05) is 58.0 Å². The van der Waals surface area contributed by atoms with E-state index in [1.54, 1.807) is 0 Å². The van der Waals surface area contributed by atoms with Gasteiger partial charge >= 0.3 is 0 Å². The first-order valence-corrected chi connectivity index (χ1v) is 9.48. The quantitative estimate of drug-likeness (QED) is 0.678. The lowest BCUT2D eigenvalue weighted by Gasteiger charge is -2.30. The fraction of sp³-hybridized carbons (Fsp3) is 0.333. The van der Waals surface area contributed by atoms with Gasteiger partial charge in [0, 0.05) is 24.7 Å². The molecule has 0 bridgehead atoms. The maximum Gasteiger partial charge on any atom is 0.289 e. The topological polar surface area (TPSA) is 38.1 Å². The lowest BCUT2D eigenvalue weighted by molar-refractivity contribution is 0.0681. The second-order valence-electron chi connectivity index (χ2n) is 7.11. The maximum atomic E-state index is 13.2. The molecule has 134 valence electrons. The number of rotatable bonds is 3. The van der Waals surface area contributed by atoms with Gasteiger partial charge in [-0.2, -0.15) is 0 Å². The van der Waals surface area contributed by atoms with Crippen LogP contribution < -0.4 is 0 Å². The zero-order valence-corrected chi connectivity index (χ0v) is 15.6. The molecule has 1 aliphatic rings. The van der Waals surface area contributed by atoms with E-state index in [2.05, 4.69) is 11.9 Å². The molecule has 2 heterocycles. The summed E-state index contributed by atoms with van der Waals surface area (Å²) in [6.45, 7) is 4.47. The van der Waals surface area contributed by atoms with Gasteiger partial charge in [-0.3, -0.25) is 4.79 Å². The number of fused-ring (bicyclic) bond motifs is 1. The van der Waals surface area contributed by atoms with Gasteiger partial charge in [0.25, 0.3) is 5.91 Å². The van der Waals surface area contributed by atoms with Crippen LogP contribution in [0.1, 0.15) is 35.9 Å². The Balaban J connectivity index is 1.71. The van der Waals surface area contributed by atoms with E-state index in [4.69, 9.17) is 11.6 Å². The van der Waals surface area contributed by atoms with E-state index in [-0.39, 0.29) is 5.91 Å². The smallest absolute Gasteiger partial charge is 0.289 e. The summed E-state index contributed by atoms with van der Waals surface area (Å²) in [5.41, 5.74) is 2.94. The molecule has 0 atom stereocenters. The molecular weight excluding hydrogens is 346 g/mol. The first-order chi connectivity index (χ1) is 12.6. The molecule has 1 amide bonds. The van der Waals surface area contributed by atoms with Gasteiger partial charge in [0.1, 0.15) is 0 Å². The molecule has 2 aromatic carbocycles.